The molecule has 2 N–H and O–H groups in total. The molecule has 4 heterocycles. The molecular formula is C30H31F3N6O. The first kappa shape index (κ1) is 26.2. The lowest BCUT2D eigenvalue weighted by Gasteiger charge is -2.45. The van der Waals surface area contributed by atoms with E-state index in [9.17, 15) is 18.0 Å². The van der Waals surface area contributed by atoms with Crippen LogP contribution < -0.4 is 5.73 Å². The Morgan fingerprint density at radius 2 is 1.82 bits per heavy atom. The molecule has 0 unspecified atom stereocenters. The van der Waals surface area contributed by atoms with Gasteiger partial charge in [0, 0.05) is 56.0 Å². The first-order chi connectivity index (χ1) is 19.1. The van der Waals surface area contributed by atoms with E-state index in [1.54, 1.807) is 17.2 Å². The molecule has 3 atom stereocenters. The Morgan fingerprint density at radius 1 is 1.05 bits per heavy atom. The summed E-state index contributed by atoms with van der Waals surface area (Å²) >= 11 is 0. The smallest absolute Gasteiger partial charge is 0.382 e. The molecular weight excluding hydrogens is 517 g/mol. The van der Waals surface area contributed by atoms with Gasteiger partial charge in [0.2, 0.25) is 0 Å². The van der Waals surface area contributed by atoms with Gasteiger partial charge in [0.25, 0.3) is 0 Å². The van der Waals surface area contributed by atoms with E-state index in [-0.39, 0.29) is 23.9 Å². The van der Waals surface area contributed by atoms with Gasteiger partial charge in [0.05, 0.1) is 5.56 Å². The highest BCUT2D eigenvalue weighted by atomic mass is 19.4. The highest BCUT2D eigenvalue weighted by molar-refractivity contribution is 5.85. The highest BCUT2D eigenvalue weighted by Crippen LogP contribution is 2.38. The molecule has 2 aromatic carbocycles. The molecule has 0 spiro atoms. The molecule has 6 rings (SSSR count). The lowest BCUT2D eigenvalue weighted by molar-refractivity contribution is -0.137. The van der Waals surface area contributed by atoms with Crippen molar-refractivity contribution in [1.82, 2.24) is 24.2 Å². The number of piperidine rings is 1. The second-order valence-electron chi connectivity index (χ2n) is 10.9. The van der Waals surface area contributed by atoms with Crippen LogP contribution in [0.5, 0.6) is 0 Å². The van der Waals surface area contributed by atoms with Crippen molar-refractivity contribution in [1.29, 1.82) is 0 Å². The van der Waals surface area contributed by atoms with Gasteiger partial charge in [-0.05, 0) is 36.5 Å². The Bertz CT molecular complexity index is 1560. The molecule has 208 valence electrons. The van der Waals surface area contributed by atoms with Crippen LogP contribution in [0.2, 0.25) is 0 Å². The molecule has 2 fully saturated rings. The monoisotopic (exact) mass is 548 g/mol. The zero-order valence-electron chi connectivity index (χ0n) is 22.4. The summed E-state index contributed by atoms with van der Waals surface area (Å²) in [6.07, 6.45) is 1.96. The van der Waals surface area contributed by atoms with E-state index in [4.69, 9.17) is 10.7 Å². The molecule has 0 radical (unpaired) electrons. The zero-order valence-corrected chi connectivity index (χ0v) is 22.4. The van der Waals surface area contributed by atoms with Gasteiger partial charge >= 0.3 is 12.2 Å². The van der Waals surface area contributed by atoms with Crippen molar-refractivity contribution in [3.05, 3.63) is 83.4 Å². The molecule has 2 amide bonds. The van der Waals surface area contributed by atoms with E-state index >= 15 is 0 Å². The summed E-state index contributed by atoms with van der Waals surface area (Å²) in [6.45, 7) is 3.28. The van der Waals surface area contributed by atoms with Crippen LogP contribution in [-0.4, -0.2) is 56.4 Å². The number of nitrogens with zero attached hydrogens (tertiary/aromatic N) is 5. The maximum absolute atomic E-state index is 13.2. The van der Waals surface area contributed by atoms with Crippen molar-refractivity contribution in [2.45, 2.75) is 50.2 Å². The summed E-state index contributed by atoms with van der Waals surface area (Å²) in [5.74, 6) is 1.03. The number of anilines is 1. The first-order valence-corrected chi connectivity index (χ1v) is 13.5. The largest absolute Gasteiger partial charge is 0.416 e. The van der Waals surface area contributed by atoms with Gasteiger partial charge in [0.15, 0.2) is 0 Å². The number of aromatic nitrogens is 3. The number of hydrogen-bond acceptors (Lipinski definition) is 4. The van der Waals surface area contributed by atoms with Crippen LogP contribution in [0.25, 0.3) is 16.8 Å². The number of amides is 2. The van der Waals surface area contributed by atoms with E-state index < -0.39 is 11.7 Å². The number of imidazole rings is 1. The van der Waals surface area contributed by atoms with Gasteiger partial charge in [-0.2, -0.15) is 13.2 Å². The zero-order chi connectivity index (χ0) is 28.2. The first-order valence-electron chi connectivity index (χ1n) is 13.5. The summed E-state index contributed by atoms with van der Waals surface area (Å²) in [4.78, 5) is 26.0. The number of carbonyl (C=O) groups is 1. The molecule has 7 nitrogen and oxygen atoms in total. The number of hydrogen-bond donors (Lipinski definition) is 1. The van der Waals surface area contributed by atoms with Crippen LogP contribution >= 0.6 is 0 Å². The normalized spacial score (nSPS) is 20.6. The summed E-state index contributed by atoms with van der Waals surface area (Å²) in [5, 5.41) is 0. The van der Waals surface area contributed by atoms with Crippen molar-refractivity contribution in [2.75, 3.05) is 25.9 Å². The van der Waals surface area contributed by atoms with Crippen molar-refractivity contribution < 1.29 is 18.0 Å². The number of rotatable bonds is 4. The van der Waals surface area contributed by atoms with Crippen LogP contribution in [-0.2, 0) is 6.18 Å². The van der Waals surface area contributed by atoms with Crippen molar-refractivity contribution in [3.63, 3.8) is 0 Å². The number of nitrogens with two attached hydrogens (primary N) is 1. The van der Waals surface area contributed by atoms with Crippen molar-refractivity contribution >= 4 is 17.4 Å². The number of carbonyl (C=O) groups excluding carboxylic acids is 1. The minimum Gasteiger partial charge on any atom is -0.382 e. The maximum atomic E-state index is 13.2. The Balaban J connectivity index is 1.32. The Hall–Kier alpha value is -4.08. The third-order valence-corrected chi connectivity index (χ3v) is 8.45. The van der Waals surface area contributed by atoms with Gasteiger partial charge in [-0.15, -0.1) is 0 Å². The summed E-state index contributed by atoms with van der Waals surface area (Å²) < 4.78 is 41.7. The van der Waals surface area contributed by atoms with Crippen LogP contribution in [0.15, 0.2) is 60.9 Å². The molecule has 0 bridgehead atoms. The van der Waals surface area contributed by atoms with Gasteiger partial charge in [-0.3, -0.25) is 4.40 Å². The van der Waals surface area contributed by atoms with E-state index in [0.717, 1.165) is 48.8 Å². The minimum atomic E-state index is -4.39. The average molecular weight is 549 g/mol. The SMILES string of the molecule is C[C@@H](c1ccc(-c2nc([C@@H]3CC[C@H]4CCN(C)C(=O)N4C3)n3ccnc(N)c23)cc1)c1cccc(C(F)(F)F)c1. The maximum Gasteiger partial charge on any atom is 0.416 e. The molecule has 2 aromatic heterocycles. The second-order valence-corrected chi connectivity index (χ2v) is 10.9. The third kappa shape index (κ3) is 4.55. The molecule has 2 aliphatic heterocycles. The summed E-state index contributed by atoms with van der Waals surface area (Å²) in [5.41, 5.74) is 9.43. The number of halogens is 3. The second kappa shape index (κ2) is 9.83. The number of urea groups is 1. The molecule has 2 saturated heterocycles. The van der Waals surface area contributed by atoms with Crippen LogP contribution in [0, 0.1) is 0 Å². The van der Waals surface area contributed by atoms with Crippen LogP contribution in [0.4, 0.5) is 23.8 Å². The number of benzene rings is 2. The van der Waals surface area contributed by atoms with E-state index in [2.05, 4.69) is 4.98 Å². The predicted molar refractivity (Wildman–Crippen MR) is 147 cm³/mol. The van der Waals surface area contributed by atoms with Gasteiger partial charge < -0.3 is 15.5 Å². The lowest BCUT2D eigenvalue weighted by atomic mass is 9.89. The summed E-state index contributed by atoms with van der Waals surface area (Å²) in [7, 11) is 1.84. The number of fused-ring (bicyclic) bond motifs is 2. The van der Waals surface area contributed by atoms with Crippen LogP contribution in [0.3, 0.4) is 0 Å². The van der Waals surface area contributed by atoms with Crippen molar-refractivity contribution in [2.24, 2.45) is 0 Å². The van der Waals surface area contributed by atoms with E-state index in [1.807, 2.05) is 53.7 Å². The van der Waals surface area contributed by atoms with Gasteiger partial charge in [0.1, 0.15) is 22.9 Å². The number of nitrogen functional groups attached to an aromatic ring is 1. The fourth-order valence-electron chi connectivity index (χ4n) is 6.11. The topological polar surface area (TPSA) is 79.8 Å². The quantitative estimate of drug-likeness (QED) is 0.332. The molecule has 10 heteroatoms. The third-order valence-electron chi connectivity index (χ3n) is 8.45. The Morgan fingerprint density at radius 3 is 2.58 bits per heavy atom. The highest BCUT2D eigenvalue weighted by Gasteiger charge is 2.38. The van der Waals surface area contributed by atoms with E-state index in [1.165, 1.54) is 12.1 Å². The molecule has 0 saturated carbocycles. The fraction of sp³-hybridized carbons (Fsp3) is 0.367. The predicted octanol–water partition coefficient (Wildman–Crippen LogP) is 6.15. The Labute approximate surface area is 230 Å². The minimum absolute atomic E-state index is 0.0509. The Kier molecular flexibility index (Phi) is 6.43. The van der Waals surface area contributed by atoms with Gasteiger partial charge in [-0.25, -0.2) is 14.8 Å². The molecule has 0 aliphatic carbocycles. The standard InChI is InChI=1S/C30H31F3N6O/c1-18(21-4-3-5-23(16-21)30(31,32)33)19-6-8-20(9-7-19)25-26-27(34)35-13-15-38(26)28(36-25)22-10-11-24-12-14-37(2)29(40)39(24)17-22/h3-9,13,15-16,18,22,24H,10-12,14,17H2,1-2H3,(H2,34,35)/t18-,22+,24-/m0/s1. The van der Waals surface area contributed by atoms with Gasteiger partial charge in [-0.1, -0.05) is 49.4 Å². The van der Waals surface area contributed by atoms with Crippen molar-refractivity contribution in [3.8, 4) is 11.3 Å². The summed E-state index contributed by atoms with van der Waals surface area (Å²) in [6, 6.07) is 13.5. The number of alkyl halides is 3. The van der Waals surface area contributed by atoms with E-state index in [0.29, 0.717) is 29.1 Å². The molecule has 4 aromatic rings. The molecule has 40 heavy (non-hydrogen) atoms. The van der Waals surface area contributed by atoms with Crippen LogP contribution in [0.1, 0.15) is 60.5 Å². The fourth-order valence-corrected chi connectivity index (χ4v) is 6.11. The molecule has 2 aliphatic rings. The average Bonchev–Trinajstić information content (AvgIpc) is 3.35. The lowest BCUT2D eigenvalue weighted by Crippen LogP contribution is -2.56.